The molecule has 1 saturated heterocycles. The molecular formula is C18H20O2S. The van der Waals surface area contributed by atoms with Gasteiger partial charge in [0.1, 0.15) is 0 Å². The molecule has 0 unspecified atom stereocenters. The fourth-order valence-corrected chi connectivity index (χ4v) is 3.91. The minimum Gasteiger partial charge on any atom is -0.369 e. The lowest BCUT2D eigenvalue weighted by atomic mass is 10.1. The second kappa shape index (κ2) is 6.54. The Hall–Kier alpha value is -1.45. The summed E-state index contributed by atoms with van der Waals surface area (Å²) in [6, 6.07) is 18.2. The van der Waals surface area contributed by atoms with Gasteiger partial charge in [-0.1, -0.05) is 48.0 Å². The van der Waals surface area contributed by atoms with Gasteiger partial charge in [0.2, 0.25) is 0 Å². The van der Waals surface area contributed by atoms with Crippen molar-refractivity contribution in [3.05, 3.63) is 65.7 Å². The third kappa shape index (κ3) is 3.60. The molecule has 110 valence electrons. The molecule has 1 fully saturated rings. The zero-order valence-corrected chi connectivity index (χ0v) is 13.0. The highest BCUT2D eigenvalue weighted by Gasteiger charge is 2.27. The van der Waals surface area contributed by atoms with Crippen LogP contribution in [0.15, 0.2) is 59.5 Å². The van der Waals surface area contributed by atoms with Gasteiger partial charge in [-0.2, -0.15) is 0 Å². The summed E-state index contributed by atoms with van der Waals surface area (Å²) in [7, 11) is -0.978. The molecule has 0 aromatic heterocycles. The minimum absolute atomic E-state index is 0.0948. The van der Waals surface area contributed by atoms with Crippen LogP contribution in [0.2, 0.25) is 0 Å². The van der Waals surface area contributed by atoms with Gasteiger partial charge in [-0.25, -0.2) is 0 Å². The summed E-state index contributed by atoms with van der Waals surface area (Å²) in [6.07, 6.45) is 2.25. The summed E-state index contributed by atoms with van der Waals surface area (Å²) in [5.74, 6) is 0.590. The van der Waals surface area contributed by atoms with Crippen LogP contribution in [0.25, 0.3) is 0 Å². The molecular weight excluding hydrogens is 280 g/mol. The molecule has 0 spiro atoms. The zero-order valence-electron chi connectivity index (χ0n) is 12.2. The van der Waals surface area contributed by atoms with Gasteiger partial charge in [0.05, 0.1) is 28.8 Å². The van der Waals surface area contributed by atoms with Gasteiger partial charge in [0.15, 0.2) is 0 Å². The van der Waals surface area contributed by atoms with Crippen LogP contribution in [0.1, 0.15) is 30.1 Å². The van der Waals surface area contributed by atoms with E-state index in [0.717, 1.165) is 17.7 Å². The standard InChI is InChI=1S/C18H20O2S/c1-14-7-10-17(11-8-14)21(19)13-16-9-12-18(20-16)15-5-3-2-4-6-15/h2-8,10-11,16,18H,9,12-13H2,1H3/t16-,18+,21-/m1/s1. The van der Waals surface area contributed by atoms with Crippen molar-refractivity contribution in [3.8, 4) is 0 Å². The molecule has 1 aliphatic rings. The molecule has 1 aliphatic heterocycles. The molecule has 2 nitrogen and oxygen atoms in total. The molecule has 3 atom stereocenters. The number of hydrogen-bond donors (Lipinski definition) is 0. The molecule has 0 aliphatic carbocycles. The van der Waals surface area contributed by atoms with Crippen LogP contribution < -0.4 is 0 Å². The molecule has 1 heterocycles. The Morgan fingerprint density at radius 2 is 1.76 bits per heavy atom. The van der Waals surface area contributed by atoms with E-state index in [-0.39, 0.29) is 12.2 Å². The molecule has 0 amide bonds. The van der Waals surface area contributed by atoms with Crippen LogP contribution in [0.3, 0.4) is 0 Å². The van der Waals surface area contributed by atoms with Gasteiger partial charge in [-0.15, -0.1) is 0 Å². The van der Waals surface area contributed by atoms with E-state index in [9.17, 15) is 4.21 Å². The molecule has 0 N–H and O–H groups in total. The molecule has 21 heavy (non-hydrogen) atoms. The predicted octanol–water partition coefficient (Wildman–Crippen LogP) is 4.02. The Morgan fingerprint density at radius 3 is 2.48 bits per heavy atom. The van der Waals surface area contributed by atoms with Crippen molar-refractivity contribution in [2.45, 2.75) is 36.9 Å². The van der Waals surface area contributed by atoms with E-state index < -0.39 is 10.8 Å². The Labute approximate surface area is 128 Å². The first-order valence-corrected chi connectivity index (χ1v) is 8.70. The van der Waals surface area contributed by atoms with Crippen LogP contribution in [-0.4, -0.2) is 16.1 Å². The van der Waals surface area contributed by atoms with Crippen molar-refractivity contribution in [2.75, 3.05) is 5.75 Å². The molecule has 2 aromatic carbocycles. The largest absolute Gasteiger partial charge is 0.369 e. The van der Waals surface area contributed by atoms with Crippen molar-refractivity contribution in [1.82, 2.24) is 0 Å². The van der Waals surface area contributed by atoms with Gasteiger partial charge in [0.25, 0.3) is 0 Å². The Bertz CT molecular complexity index is 607. The van der Waals surface area contributed by atoms with Crippen molar-refractivity contribution in [2.24, 2.45) is 0 Å². The third-order valence-electron chi connectivity index (χ3n) is 3.90. The maximum Gasteiger partial charge on any atom is 0.0830 e. The first kappa shape index (κ1) is 14.5. The van der Waals surface area contributed by atoms with Crippen LogP contribution in [0.5, 0.6) is 0 Å². The fourth-order valence-electron chi connectivity index (χ4n) is 2.70. The minimum atomic E-state index is -0.978. The summed E-state index contributed by atoms with van der Waals surface area (Å²) < 4.78 is 18.5. The second-order valence-corrected chi connectivity index (χ2v) is 7.06. The summed E-state index contributed by atoms with van der Waals surface area (Å²) >= 11 is 0. The van der Waals surface area contributed by atoms with Crippen LogP contribution in [0.4, 0.5) is 0 Å². The van der Waals surface area contributed by atoms with E-state index in [4.69, 9.17) is 4.74 Å². The van der Waals surface area contributed by atoms with Gasteiger partial charge in [0, 0.05) is 4.90 Å². The number of benzene rings is 2. The quantitative estimate of drug-likeness (QED) is 0.852. The van der Waals surface area contributed by atoms with Crippen molar-refractivity contribution in [1.29, 1.82) is 0 Å². The van der Waals surface area contributed by atoms with Crippen molar-refractivity contribution >= 4 is 10.8 Å². The number of aryl methyl sites for hydroxylation is 1. The molecule has 3 rings (SSSR count). The van der Waals surface area contributed by atoms with E-state index in [1.807, 2.05) is 49.4 Å². The first-order chi connectivity index (χ1) is 10.2. The second-order valence-electron chi connectivity index (χ2n) is 5.56. The van der Waals surface area contributed by atoms with Gasteiger partial charge in [-0.3, -0.25) is 4.21 Å². The number of rotatable bonds is 4. The zero-order chi connectivity index (χ0) is 14.7. The Balaban J connectivity index is 1.60. The summed E-state index contributed by atoms with van der Waals surface area (Å²) in [5, 5.41) is 0. The van der Waals surface area contributed by atoms with Crippen LogP contribution in [0, 0.1) is 6.92 Å². The van der Waals surface area contributed by atoms with E-state index >= 15 is 0 Å². The summed E-state index contributed by atoms with van der Waals surface area (Å²) in [5.41, 5.74) is 2.41. The summed E-state index contributed by atoms with van der Waals surface area (Å²) in [4.78, 5) is 0.896. The van der Waals surface area contributed by atoms with E-state index in [2.05, 4.69) is 12.1 Å². The summed E-state index contributed by atoms with van der Waals surface area (Å²) in [6.45, 7) is 2.04. The lowest BCUT2D eigenvalue weighted by molar-refractivity contribution is 0.0577. The van der Waals surface area contributed by atoms with Crippen molar-refractivity contribution < 1.29 is 8.95 Å². The lowest BCUT2D eigenvalue weighted by Gasteiger charge is -2.14. The predicted molar refractivity (Wildman–Crippen MR) is 85.7 cm³/mol. The van der Waals surface area contributed by atoms with Gasteiger partial charge < -0.3 is 4.74 Å². The SMILES string of the molecule is Cc1ccc([S@](=O)C[C@H]2CC[C@@H](c3ccccc3)O2)cc1. The maximum absolute atomic E-state index is 12.4. The van der Waals surface area contributed by atoms with Crippen molar-refractivity contribution in [3.63, 3.8) is 0 Å². The fraction of sp³-hybridized carbons (Fsp3) is 0.333. The van der Waals surface area contributed by atoms with Crippen LogP contribution >= 0.6 is 0 Å². The van der Waals surface area contributed by atoms with Crippen LogP contribution in [-0.2, 0) is 15.5 Å². The highest BCUT2D eigenvalue weighted by atomic mass is 32.2. The van der Waals surface area contributed by atoms with Gasteiger partial charge >= 0.3 is 0 Å². The Morgan fingerprint density at radius 1 is 1.05 bits per heavy atom. The Kier molecular flexibility index (Phi) is 4.51. The molecule has 2 aromatic rings. The number of hydrogen-bond acceptors (Lipinski definition) is 2. The molecule has 3 heteroatoms. The highest BCUT2D eigenvalue weighted by Crippen LogP contribution is 2.33. The molecule has 0 bridgehead atoms. The third-order valence-corrected chi connectivity index (χ3v) is 5.37. The normalized spacial score (nSPS) is 23.1. The maximum atomic E-state index is 12.4. The van der Waals surface area contributed by atoms with E-state index in [1.54, 1.807) is 0 Å². The monoisotopic (exact) mass is 300 g/mol. The average molecular weight is 300 g/mol. The highest BCUT2D eigenvalue weighted by molar-refractivity contribution is 7.85. The first-order valence-electron chi connectivity index (χ1n) is 7.38. The topological polar surface area (TPSA) is 26.3 Å². The molecule has 0 saturated carbocycles. The number of ether oxygens (including phenoxy) is 1. The van der Waals surface area contributed by atoms with E-state index in [1.165, 1.54) is 11.1 Å². The van der Waals surface area contributed by atoms with E-state index in [0.29, 0.717) is 5.75 Å². The lowest BCUT2D eigenvalue weighted by Crippen LogP contribution is -2.16. The average Bonchev–Trinajstić information content (AvgIpc) is 2.97. The smallest absolute Gasteiger partial charge is 0.0830 e. The molecule has 0 radical (unpaired) electrons. The van der Waals surface area contributed by atoms with Gasteiger partial charge in [-0.05, 0) is 37.5 Å².